The summed E-state index contributed by atoms with van der Waals surface area (Å²) in [6.07, 6.45) is 4.73. The maximum Gasteiger partial charge on any atom is 0.229 e. The van der Waals surface area contributed by atoms with E-state index < -0.39 is 0 Å². The maximum atomic E-state index is 13.2. The van der Waals surface area contributed by atoms with Crippen LogP contribution in [0.3, 0.4) is 0 Å². The van der Waals surface area contributed by atoms with Gasteiger partial charge in [0.1, 0.15) is 5.69 Å². The van der Waals surface area contributed by atoms with Gasteiger partial charge in [-0.1, -0.05) is 54.5 Å². The van der Waals surface area contributed by atoms with Gasteiger partial charge in [-0.3, -0.25) is 9.78 Å². The number of nitrogens with zero attached hydrogens (tertiary/aromatic N) is 3. The molecule has 0 aliphatic carbocycles. The van der Waals surface area contributed by atoms with Crippen LogP contribution in [0, 0.1) is 0 Å². The van der Waals surface area contributed by atoms with Crippen LogP contribution < -0.4 is 0 Å². The molecule has 29 heavy (non-hydrogen) atoms. The molecular formula is C24H23N3O2. The van der Waals surface area contributed by atoms with E-state index in [0.29, 0.717) is 24.4 Å². The molecule has 0 spiro atoms. The average Bonchev–Trinajstić information content (AvgIpc) is 3.17. The van der Waals surface area contributed by atoms with Crippen LogP contribution >= 0.6 is 0 Å². The fraction of sp³-hybridized carbons (Fsp3) is 0.208. The van der Waals surface area contributed by atoms with E-state index in [2.05, 4.69) is 41.3 Å². The molecule has 0 unspecified atom stereocenters. The molecule has 0 bridgehead atoms. The highest BCUT2D eigenvalue weighted by molar-refractivity contribution is 5.86. The van der Waals surface area contributed by atoms with Crippen LogP contribution in [0.1, 0.15) is 29.3 Å². The molecule has 0 radical (unpaired) electrons. The van der Waals surface area contributed by atoms with Gasteiger partial charge in [0.25, 0.3) is 0 Å². The molecule has 5 nitrogen and oxygen atoms in total. The second kappa shape index (κ2) is 8.69. The van der Waals surface area contributed by atoms with Crippen molar-refractivity contribution in [1.82, 2.24) is 15.0 Å². The molecule has 2 heterocycles. The molecule has 4 rings (SSSR count). The summed E-state index contributed by atoms with van der Waals surface area (Å²) in [5, 5.41) is 5.00. The largest absolute Gasteiger partial charge is 0.356 e. The predicted octanol–water partition coefficient (Wildman–Crippen LogP) is 4.56. The van der Waals surface area contributed by atoms with Crippen LogP contribution in [-0.4, -0.2) is 20.9 Å². The summed E-state index contributed by atoms with van der Waals surface area (Å²) in [5.74, 6) is 0.00692. The Morgan fingerprint density at radius 2 is 1.69 bits per heavy atom. The number of aryl methyl sites for hydroxylation is 1. The van der Waals surface area contributed by atoms with Gasteiger partial charge >= 0.3 is 0 Å². The van der Waals surface area contributed by atoms with Crippen LogP contribution in [0.25, 0.3) is 11.0 Å². The smallest absolute Gasteiger partial charge is 0.229 e. The normalized spacial score (nSPS) is 10.9. The zero-order valence-corrected chi connectivity index (χ0v) is 16.4. The summed E-state index contributed by atoms with van der Waals surface area (Å²) in [6.45, 7) is 3.17. The van der Waals surface area contributed by atoms with Crippen LogP contribution in [-0.2, 0) is 30.7 Å². The Morgan fingerprint density at radius 1 is 0.931 bits per heavy atom. The fourth-order valence-corrected chi connectivity index (χ4v) is 3.37. The third-order valence-corrected chi connectivity index (χ3v) is 5.02. The number of pyridine rings is 1. The highest BCUT2D eigenvalue weighted by Gasteiger charge is 2.19. The number of fused-ring (bicyclic) bond motifs is 1. The number of benzene rings is 2. The molecule has 0 fully saturated rings. The number of hydrogen-bond donors (Lipinski definition) is 0. The van der Waals surface area contributed by atoms with Crippen molar-refractivity contribution in [2.24, 2.45) is 0 Å². The van der Waals surface area contributed by atoms with Crippen molar-refractivity contribution in [3.63, 3.8) is 0 Å². The minimum absolute atomic E-state index is 0.00692. The van der Waals surface area contributed by atoms with Crippen LogP contribution in [0.15, 0.2) is 77.6 Å². The Labute approximate surface area is 170 Å². The van der Waals surface area contributed by atoms with Gasteiger partial charge in [-0.2, -0.15) is 0 Å². The second-order valence-corrected chi connectivity index (χ2v) is 7.08. The Kier molecular flexibility index (Phi) is 5.66. The zero-order valence-electron chi connectivity index (χ0n) is 16.4. The molecule has 0 saturated heterocycles. The molecule has 5 heteroatoms. The van der Waals surface area contributed by atoms with Crippen molar-refractivity contribution >= 4 is 16.9 Å². The standard InChI is InChI=1S/C24H23N3O2/c1-2-18-9-11-19(12-10-18)16-27(17-20-6-5-13-25-15-20)24(28)14-22-21-7-3-4-8-23(21)29-26-22/h3-13,15H,2,14,16-17H2,1H3. The summed E-state index contributed by atoms with van der Waals surface area (Å²) in [4.78, 5) is 19.2. The third kappa shape index (κ3) is 4.51. The topological polar surface area (TPSA) is 59.2 Å². The van der Waals surface area contributed by atoms with Crippen LogP contribution in [0.5, 0.6) is 0 Å². The Bertz CT molecular complexity index is 1090. The van der Waals surface area contributed by atoms with Gasteiger partial charge in [0.05, 0.1) is 6.42 Å². The Morgan fingerprint density at radius 3 is 2.45 bits per heavy atom. The van der Waals surface area contributed by atoms with E-state index in [1.54, 1.807) is 12.4 Å². The highest BCUT2D eigenvalue weighted by Crippen LogP contribution is 2.20. The third-order valence-electron chi connectivity index (χ3n) is 5.02. The van der Waals surface area contributed by atoms with E-state index in [0.717, 1.165) is 22.9 Å². The number of hydrogen-bond acceptors (Lipinski definition) is 4. The Hall–Kier alpha value is -3.47. The van der Waals surface area contributed by atoms with Gasteiger partial charge < -0.3 is 9.42 Å². The number of aromatic nitrogens is 2. The number of carbonyl (C=O) groups excluding carboxylic acids is 1. The molecule has 0 atom stereocenters. The average molecular weight is 385 g/mol. The van der Waals surface area contributed by atoms with Gasteiger partial charge in [-0.05, 0) is 41.3 Å². The van der Waals surface area contributed by atoms with Crippen molar-refractivity contribution in [3.8, 4) is 0 Å². The molecule has 0 N–H and O–H groups in total. The lowest BCUT2D eigenvalue weighted by Crippen LogP contribution is -2.31. The molecular weight excluding hydrogens is 362 g/mol. The lowest BCUT2D eigenvalue weighted by Gasteiger charge is -2.23. The summed E-state index contributed by atoms with van der Waals surface area (Å²) in [5.41, 5.74) is 4.75. The van der Waals surface area contributed by atoms with E-state index in [-0.39, 0.29) is 12.3 Å². The molecule has 2 aromatic carbocycles. The summed E-state index contributed by atoms with van der Waals surface area (Å²) < 4.78 is 5.36. The Balaban J connectivity index is 1.56. The van der Waals surface area contributed by atoms with Crippen molar-refractivity contribution in [2.45, 2.75) is 32.9 Å². The molecule has 1 amide bonds. The second-order valence-electron chi connectivity index (χ2n) is 7.08. The van der Waals surface area contributed by atoms with Gasteiger partial charge in [0.2, 0.25) is 5.91 Å². The lowest BCUT2D eigenvalue weighted by molar-refractivity contribution is -0.131. The van der Waals surface area contributed by atoms with Gasteiger partial charge in [-0.15, -0.1) is 0 Å². The van der Waals surface area contributed by atoms with Gasteiger partial charge in [0, 0.05) is 30.9 Å². The van der Waals surface area contributed by atoms with Gasteiger partial charge in [0.15, 0.2) is 5.58 Å². The van der Waals surface area contributed by atoms with E-state index in [4.69, 9.17) is 4.52 Å². The zero-order chi connectivity index (χ0) is 20.1. The monoisotopic (exact) mass is 385 g/mol. The molecule has 0 saturated carbocycles. The van der Waals surface area contributed by atoms with Crippen molar-refractivity contribution in [3.05, 3.63) is 95.4 Å². The number of amides is 1. The minimum atomic E-state index is 0.00692. The SMILES string of the molecule is CCc1ccc(CN(Cc2cccnc2)C(=O)Cc2noc3ccccc23)cc1. The first-order chi connectivity index (χ1) is 14.2. The number of para-hydroxylation sites is 1. The first-order valence-electron chi connectivity index (χ1n) is 9.80. The first kappa shape index (κ1) is 18.9. The summed E-state index contributed by atoms with van der Waals surface area (Å²) in [6, 6.07) is 19.9. The molecule has 4 aromatic rings. The predicted molar refractivity (Wildman–Crippen MR) is 112 cm³/mol. The first-order valence-corrected chi connectivity index (χ1v) is 9.80. The number of rotatable bonds is 7. The summed E-state index contributed by atoms with van der Waals surface area (Å²) >= 11 is 0. The minimum Gasteiger partial charge on any atom is -0.356 e. The number of carbonyl (C=O) groups is 1. The molecule has 0 aliphatic rings. The lowest BCUT2D eigenvalue weighted by atomic mass is 10.1. The van der Waals surface area contributed by atoms with E-state index in [1.165, 1.54) is 5.56 Å². The van der Waals surface area contributed by atoms with E-state index in [9.17, 15) is 4.79 Å². The maximum absolute atomic E-state index is 13.2. The molecule has 0 aliphatic heterocycles. The van der Waals surface area contributed by atoms with E-state index >= 15 is 0 Å². The van der Waals surface area contributed by atoms with Crippen molar-refractivity contribution < 1.29 is 9.32 Å². The van der Waals surface area contributed by atoms with E-state index in [1.807, 2.05) is 41.3 Å². The van der Waals surface area contributed by atoms with Gasteiger partial charge in [-0.25, -0.2) is 0 Å². The van der Waals surface area contributed by atoms with Crippen LogP contribution in [0.4, 0.5) is 0 Å². The highest BCUT2D eigenvalue weighted by atomic mass is 16.5. The molecule has 146 valence electrons. The van der Waals surface area contributed by atoms with Crippen molar-refractivity contribution in [2.75, 3.05) is 0 Å². The summed E-state index contributed by atoms with van der Waals surface area (Å²) in [7, 11) is 0. The van der Waals surface area contributed by atoms with Crippen molar-refractivity contribution in [1.29, 1.82) is 0 Å². The fourth-order valence-electron chi connectivity index (χ4n) is 3.37. The molecule has 2 aromatic heterocycles. The van der Waals surface area contributed by atoms with Crippen LogP contribution in [0.2, 0.25) is 0 Å². The quantitative estimate of drug-likeness (QED) is 0.468.